The van der Waals surface area contributed by atoms with E-state index in [1.165, 1.54) is 0 Å². The SMILES string of the molecule is Cc1ccc(O)c(C)c1-c1cc(-c2ccc(N3CCOCC3)nc2)cc(C(N)=O)c1N. The third-order valence-electron chi connectivity index (χ3n) is 5.78. The lowest BCUT2D eigenvalue weighted by Gasteiger charge is -2.27. The molecule has 0 bridgehead atoms. The summed E-state index contributed by atoms with van der Waals surface area (Å²) in [7, 11) is 0. The van der Waals surface area contributed by atoms with Gasteiger partial charge in [0, 0.05) is 30.4 Å². The lowest BCUT2D eigenvalue weighted by Crippen LogP contribution is -2.36. The molecule has 7 heteroatoms. The molecular weight excluding hydrogens is 392 g/mol. The quantitative estimate of drug-likeness (QED) is 0.560. The number of amides is 1. The van der Waals surface area contributed by atoms with Gasteiger partial charge < -0.3 is 26.2 Å². The summed E-state index contributed by atoms with van der Waals surface area (Å²) >= 11 is 0. The highest BCUT2D eigenvalue weighted by molar-refractivity contribution is 6.04. The van der Waals surface area contributed by atoms with Gasteiger partial charge in [-0.1, -0.05) is 6.07 Å². The second kappa shape index (κ2) is 8.28. The highest BCUT2D eigenvalue weighted by atomic mass is 16.5. The monoisotopic (exact) mass is 418 g/mol. The van der Waals surface area contributed by atoms with Crippen molar-refractivity contribution in [2.24, 2.45) is 5.73 Å². The van der Waals surface area contributed by atoms with Crippen molar-refractivity contribution < 1.29 is 14.6 Å². The van der Waals surface area contributed by atoms with Crippen LogP contribution in [0.2, 0.25) is 0 Å². The minimum Gasteiger partial charge on any atom is -0.508 e. The summed E-state index contributed by atoms with van der Waals surface area (Å²) in [6.07, 6.45) is 1.78. The molecule has 0 aliphatic carbocycles. The molecule has 4 rings (SSSR count). The molecule has 1 aliphatic heterocycles. The van der Waals surface area contributed by atoms with Crippen LogP contribution in [0.15, 0.2) is 42.6 Å². The molecule has 31 heavy (non-hydrogen) atoms. The minimum atomic E-state index is -0.603. The average Bonchev–Trinajstić information content (AvgIpc) is 2.78. The Morgan fingerprint density at radius 2 is 1.84 bits per heavy atom. The van der Waals surface area contributed by atoms with Gasteiger partial charge >= 0.3 is 0 Å². The maximum atomic E-state index is 12.1. The van der Waals surface area contributed by atoms with Gasteiger partial charge in [-0.2, -0.15) is 0 Å². The Balaban J connectivity index is 1.82. The normalized spacial score (nSPS) is 13.9. The van der Waals surface area contributed by atoms with E-state index in [9.17, 15) is 9.90 Å². The fourth-order valence-corrected chi connectivity index (χ4v) is 4.02. The van der Waals surface area contributed by atoms with E-state index < -0.39 is 5.91 Å². The van der Waals surface area contributed by atoms with E-state index in [0.717, 1.165) is 41.2 Å². The van der Waals surface area contributed by atoms with Crippen molar-refractivity contribution in [3.63, 3.8) is 0 Å². The molecule has 1 aromatic heterocycles. The molecular formula is C24H26N4O3. The van der Waals surface area contributed by atoms with Gasteiger partial charge in [-0.3, -0.25) is 4.79 Å². The first-order chi connectivity index (χ1) is 14.9. The number of phenolic OH excluding ortho intramolecular Hbond substituents is 1. The summed E-state index contributed by atoms with van der Waals surface area (Å²) in [5.41, 5.74) is 17.2. The molecule has 3 aromatic rings. The van der Waals surface area contributed by atoms with Gasteiger partial charge in [-0.05, 0) is 66.4 Å². The summed E-state index contributed by atoms with van der Waals surface area (Å²) in [6, 6.07) is 11.0. The Morgan fingerprint density at radius 1 is 1.10 bits per heavy atom. The summed E-state index contributed by atoms with van der Waals surface area (Å²) < 4.78 is 5.40. The number of anilines is 2. The molecule has 7 nitrogen and oxygen atoms in total. The molecule has 0 unspecified atom stereocenters. The predicted octanol–water partition coefficient (Wildman–Crippen LogP) is 3.26. The Kier molecular flexibility index (Phi) is 5.52. The Morgan fingerprint density at radius 3 is 2.48 bits per heavy atom. The number of morpholine rings is 1. The van der Waals surface area contributed by atoms with Crippen LogP contribution in [0.4, 0.5) is 11.5 Å². The number of aromatic hydroxyl groups is 1. The van der Waals surface area contributed by atoms with Crippen LogP contribution < -0.4 is 16.4 Å². The number of hydrogen-bond donors (Lipinski definition) is 3. The van der Waals surface area contributed by atoms with Crippen molar-refractivity contribution >= 4 is 17.4 Å². The van der Waals surface area contributed by atoms with Crippen LogP contribution in [-0.4, -0.2) is 42.3 Å². The molecule has 1 aliphatic rings. The van der Waals surface area contributed by atoms with E-state index in [0.29, 0.717) is 30.0 Å². The number of rotatable bonds is 4. The number of nitrogens with two attached hydrogens (primary N) is 2. The van der Waals surface area contributed by atoms with Crippen LogP contribution in [-0.2, 0) is 4.74 Å². The van der Waals surface area contributed by atoms with E-state index in [1.807, 2.05) is 38.1 Å². The van der Waals surface area contributed by atoms with Crippen LogP contribution in [0.25, 0.3) is 22.3 Å². The highest BCUT2D eigenvalue weighted by Gasteiger charge is 2.19. The number of primary amides is 1. The van der Waals surface area contributed by atoms with Gasteiger partial charge in [0.1, 0.15) is 11.6 Å². The molecule has 0 atom stereocenters. The minimum absolute atomic E-state index is 0.169. The van der Waals surface area contributed by atoms with Gasteiger partial charge in [-0.25, -0.2) is 4.98 Å². The van der Waals surface area contributed by atoms with Gasteiger partial charge in [-0.15, -0.1) is 0 Å². The van der Waals surface area contributed by atoms with Crippen LogP contribution >= 0.6 is 0 Å². The van der Waals surface area contributed by atoms with E-state index in [-0.39, 0.29) is 11.3 Å². The molecule has 5 N–H and O–H groups in total. The number of phenols is 1. The standard InChI is InChI=1S/C24H26N4O3/c1-14-3-5-20(29)15(2)22(14)18-11-17(12-19(23(18)25)24(26)30)16-4-6-21(27-13-16)28-7-9-31-10-8-28/h3-6,11-13,29H,7-10,25H2,1-2H3,(H2,26,30). The summed E-state index contributed by atoms with van der Waals surface area (Å²) in [5.74, 6) is 0.453. The first kappa shape index (κ1) is 20.7. The predicted molar refractivity (Wildman–Crippen MR) is 122 cm³/mol. The number of nitrogens with zero attached hydrogens (tertiary/aromatic N) is 2. The Hall–Kier alpha value is -3.58. The van der Waals surface area contributed by atoms with E-state index in [1.54, 1.807) is 18.3 Å². The first-order valence-corrected chi connectivity index (χ1v) is 10.2. The zero-order valence-electron chi connectivity index (χ0n) is 17.7. The van der Waals surface area contributed by atoms with E-state index >= 15 is 0 Å². The van der Waals surface area contributed by atoms with Crippen LogP contribution in [0.1, 0.15) is 21.5 Å². The second-order valence-electron chi connectivity index (χ2n) is 7.76. The molecule has 0 saturated carbocycles. The maximum absolute atomic E-state index is 12.1. The lowest BCUT2D eigenvalue weighted by atomic mass is 9.89. The zero-order chi connectivity index (χ0) is 22.1. The van der Waals surface area contributed by atoms with E-state index in [4.69, 9.17) is 16.2 Å². The Labute approximate surface area is 181 Å². The number of carbonyl (C=O) groups excluding carboxylic acids is 1. The number of hydrogen-bond acceptors (Lipinski definition) is 6. The number of benzene rings is 2. The first-order valence-electron chi connectivity index (χ1n) is 10.2. The van der Waals surface area contributed by atoms with Crippen molar-refractivity contribution in [2.45, 2.75) is 13.8 Å². The summed E-state index contributed by atoms with van der Waals surface area (Å²) in [6.45, 7) is 6.76. The molecule has 1 saturated heterocycles. The highest BCUT2D eigenvalue weighted by Crippen LogP contribution is 2.39. The van der Waals surface area contributed by atoms with Crippen LogP contribution in [0, 0.1) is 13.8 Å². The van der Waals surface area contributed by atoms with Crippen molar-refractivity contribution in [1.82, 2.24) is 4.98 Å². The van der Waals surface area contributed by atoms with E-state index in [2.05, 4.69) is 9.88 Å². The van der Waals surface area contributed by atoms with Crippen LogP contribution in [0.5, 0.6) is 5.75 Å². The summed E-state index contributed by atoms with van der Waals surface area (Å²) in [4.78, 5) is 18.9. The molecule has 1 fully saturated rings. The van der Waals surface area contributed by atoms with Gasteiger partial charge in [0.15, 0.2) is 0 Å². The average molecular weight is 418 g/mol. The number of ether oxygens (including phenoxy) is 1. The topological polar surface area (TPSA) is 115 Å². The maximum Gasteiger partial charge on any atom is 0.250 e. The molecule has 2 aromatic carbocycles. The number of carbonyl (C=O) groups is 1. The molecule has 0 radical (unpaired) electrons. The third-order valence-corrected chi connectivity index (χ3v) is 5.78. The fourth-order valence-electron chi connectivity index (χ4n) is 4.02. The summed E-state index contributed by atoms with van der Waals surface area (Å²) in [5, 5.41) is 10.2. The van der Waals surface area contributed by atoms with Crippen molar-refractivity contribution in [2.75, 3.05) is 36.9 Å². The van der Waals surface area contributed by atoms with Crippen molar-refractivity contribution in [3.8, 4) is 28.0 Å². The molecule has 0 spiro atoms. The smallest absolute Gasteiger partial charge is 0.250 e. The number of aromatic nitrogens is 1. The number of aryl methyl sites for hydroxylation is 1. The van der Waals surface area contributed by atoms with Gasteiger partial charge in [0.2, 0.25) is 0 Å². The second-order valence-corrected chi connectivity index (χ2v) is 7.76. The van der Waals surface area contributed by atoms with Crippen LogP contribution in [0.3, 0.4) is 0 Å². The zero-order valence-corrected chi connectivity index (χ0v) is 17.7. The van der Waals surface area contributed by atoms with Crippen molar-refractivity contribution in [1.29, 1.82) is 0 Å². The molecule has 1 amide bonds. The van der Waals surface area contributed by atoms with Gasteiger partial charge in [0.25, 0.3) is 5.91 Å². The largest absolute Gasteiger partial charge is 0.508 e. The molecule has 2 heterocycles. The fraction of sp³-hybridized carbons (Fsp3) is 0.250. The Bertz CT molecular complexity index is 1140. The molecule has 160 valence electrons. The number of pyridine rings is 1. The van der Waals surface area contributed by atoms with Crippen molar-refractivity contribution in [3.05, 3.63) is 59.3 Å². The lowest BCUT2D eigenvalue weighted by molar-refractivity contribution is 0.100. The third kappa shape index (κ3) is 3.92. The van der Waals surface area contributed by atoms with Gasteiger partial charge in [0.05, 0.1) is 24.5 Å². The number of nitrogen functional groups attached to an aromatic ring is 1.